The van der Waals surface area contributed by atoms with Crippen molar-refractivity contribution in [3.05, 3.63) is 50.0 Å². The van der Waals surface area contributed by atoms with Crippen molar-refractivity contribution < 1.29 is 25.2 Å². The van der Waals surface area contributed by atoms with E-state index in [9.17, 15) is 24.9 Å². The van der Waals surface area contributed by atoms with Gasteiger partial charge in [-0.05, 0) is 36.5 Å². The number of hydrogen-bond donors (Lipinski definition) is 6. The summed E-state index contributed by atoms with van der Waals surface area (Å²) in [6.45, 7) is -0.796. The van der Waals surface area contributed by atoms with Gasteiger partial charge in [-0.25, -0.2) is 0 Å². The van der Waals surface area contributed by atoms with Crippen LogP contribution in [0.3, 0.4) is 0 Å². The van der Waals surface area contributed by atoms with Gasteiger partial charge in [-0.2, -0.15) is 0 Å². The highest BCUT2D eigenvalue weighted by Gasteiger charge is 2.30. The number of aromatic nitrogens is 2. The Morgan fingerprint density at radius 2 is 1.89 bits per heavy atom. The monoisotopic (exact) mass is 415 g/mol. The lowest BCUT2D eigenvalue weighted by molar-refractivity contribution is -0.125. The molecule has 11 heteroatoms. The molecule has 1 heterocycles. The van der Waals surface area contributed by atoms with E-state index in [4.69, 9.17) is 34.7 Å². The summed E-state index contributed by atoms with van der Waals surface area (Å²) in [6.07, 6.45) is -3.98. The lowest BCUT2D eigenvalue weighted by Gasteiger charge is -2.21. The summed E-state index contributed by atoms with van der Waals surface area (Å²) in [6, 6.07) is 4.63. The maximum atomic E-state index is 12.3. The van der Waals surface area contributed by atoms with E-state index in [1.165, 1.54) is 0 Å². The summed E-state index contributed by atoms with van der Waals surface area (Å²) in [5, 5.41) is 38.9. The van der Waals surface area contributed by atoms with Crippen LogP contribution in [0.1, 0.15) is 5.56 Å². The lowest BCUT2D eigenvalue weighted by atomic mass is 9.98. The standard InChI is InChI=1S/C16H18ClN3O6S/c17-7-1-3-8(4-2-7)20-15(26)9(14(25)19-16(20)27)5-10(22)12(18)13(24)11(23)6-21/h1-4,11-13,21,23-24,26H,5-6,18H2,(H,19,25,27)/t11-,12-,13+/m0/s1. The molecule has 0 amide bonds. The SMILES string of the molecule is N[C@@H](C(=O)Cc1c(O)n(-c2ccc(Cl)cc2)c(=S)[nH]c1=O)[C@H](O)[C@@H](O)CO. The quantitative estimate of drug-likeness (QED) is 0.327. The number of Topliss-reactive ketones (excluding diaryl/α,β-unsaturated/α-hetero) is 1. The Kier molecular flexibility index (Phi) is 6.87. The number of nitrogens with zero attached hydrogens (tertiary/aromatic N) is 1. The number of aliphatic hydroxyl groups is 3. The fraction of sp³-hybridized carbons (Fsp3) is 0.312. The Labute approximate surface area is 163 Å². The van der Waals surface area contributed by atoms with Gasteiger partial charge in [0.1, 0.15) is 12.2 Å². The predicted octanol–water partition coefficient (Wildman–Crippen LogP) is -0.593. The molecule has 3 atom stereocenters. The number of aromatic hydroxyl groups is 1. The molecule has 2 rings (SSSR count). The molecule has 2 aromatic rings. The van der Waals surface area contributed by atoms with Crippen LogP contribution in [0, 0.1) is 4.77 Å². The Morgan fingerprint density at radius 3 is 2.44 bits per heavy atom. The highest BCUT2D eigenvalue weighted by atomic mass is 35.5. The van der Waals surface area contributed by atoms with E-state index in [1.54, 1.807) is 24.3 Å². The minimum Gasteiger partial charge on any atom is -0.494 e. The Morgan fingerprint density at radius 1 is 1.30 bits per heavy atom. The molecule has 0 aliphatic carbocycles. The third-order valence-electron chi connectivity index (χ3n) is 3.94. The third kappa shape index (κ3) is 4.61. The maximum absolute atomic E-state index is 12.3. The van der Waals surface area contributed by atoms with Crippen LogP contribution in [0.4, 0.5) is 0 Å². The molecule has 9 nitrogen and oxygen atoms in total. The Balaban J connectivity index is 2.42. The minimum atomic E-state index is -1.73. The molecule has 0 bridgehead atoms. The average Bonchev–Trinajstić information content (AvgIpc) is 2.64. The normalized spacial score (nSPS) is 14.6. The van der Waals surface area contributed by atoms with Gasteiger partial charge >= 0.3 is 0 Å². The second kappa shape index (κ2) is 8.74. The molecule has 0 saturated heterocycles. The molecule has 27 heavy (non-hydrogen) atoms. The van der Waals surface area contributed by atoms with Crippen LogP contribution >= 0.6 is 23.8 Å². The van der Waals surface area contributed by atoms with Gasteiger partial charge in [0, 0.05) is 11.4 Å². The van der Waals surface area contributed by atoms with Crippen molar-refractivity contribution in [1.82, 2.24) is 9.55 Å². The first-order valence-electron chi connectivity index (χ1n) is 7.75. The number of benzene rings is 1. The van der Waals surface area contributed by atoms with Crippen molar-refractivity contribution >= 4 is 29.6 Å². The summed E-state index contributed by atoms with van der Waals surface area (Å²) in [4.78, 5) is 26.8. The van der Waals surface area contributed by atoms with Crippen LogP contribution in [0.5, 0.6) is 5.88 Å². The van der Waals surface area contributed by atoms with Gasteiger partial charge in [-0.3, -0.25) is 19.1 Å². The van der Waals surface area contributed by atoms with Crippen molar-refractivity contribution in [2.24, 2.45) is 5.73 Å². The smallest absolute Gasteiger partial charge is 0.259 e. The molecule has 146 valence electrons. The number of nitrogens with one attached hydrogen (secondary N) is 1. The number of aromatic amines is 1. The molecule has 0 radical (unpaired) electrons. The van der Waals surface area contributed by atoms with Crippen LogP contribution in [-0.4, -0.2) is 60.6 Å². The molecule has 0 aliphatic rings. The van der Waals surface area contributed by atoms with Gasteiger partial charge in [0.2, 0.25) is 5.88 Å². The number of carbonyl (C=O) groups excluding carboxylic acids is 1. The highest BCUT2D eigenvalue weighted by Crippen LogP contribution is 2.22. The van der Waals surface area contributed by atoms with Gasteiger partial charge < -0.3 is 26.2 Å². The van der Waals surface area contributed by atoms with Crippen LogP contribution in [0.25, 0.3) is 5.69 Å². The summed E-state index contributed by atoms with van der Waals surface area (Å²) >= 11 is 10.9. The van der Waals surface area contributed by atoms with E-state index in [-0.39, 0.29) is 10.3 Å². The largest absolute Gasteiger partial charge is 0.494 e. The van der Waals surface area contributed by atoms with Gasteiger partial charge in [-0.15, -0.1) is 0 Å². The topological polar surface area (TPSA) is 162 Å². The molecule has 0 saturated carbocycles. The van der Waals surface area contributed by atoms with Crippen molar-refractivity contribution in [2.75, 3.05) is 6.61 Å². The molecule has 0 spiro atoms. The fourth-order valence-corrected chi connectivity index (χ4v) is 2.79. The Hall–Kier alpha value is -2.08. The number of aliphatic hydroxyl groups excluding tert-OH is 3. The molecule has 7 N–H and O–H groups in total. The number of H-pyrrole nitrogens is 1. The van der Waals surface area contributed by atoms with Crippen LogP contribution in [0.15, 0.2) is 29.1 Å². The summed E-state index contributed by atoms with van der Waals surface area (Å²) in [7, 11) is 0. The summed E-state index contributed by atoms with van der Waals surface area (Å²) in [5.41, 5.74) is 4.86. The second-order valence-corrected chi connectivity index (χ2v) is 6.61. The van der Waals surface area contributed by atoms with Gasteiger partial charge in [0.05, 0.1) is 23.9 Å². The van der Waals surface area contributed by atoms with E-state index in [0.29, 0.717) is 10.7 Å². The highest BCUT2D eigenvalue weighted by molar-refractivity contribution is 7.71. The minimum absolute atomic E-state index is 0.101. The van der Waals surface area contributed by atoms with E-state index in [2.05, 4.69) is 4.98 Å². The molecular weight excluding hydrogens is 398 g/mol. The number of rotatable bonds is 7. The van der Waals surface area contributed by atoms with Gasteiger partial charge in [-0.1, -0.05) is 11.6 Å². The first kappa shape index (κ1) is 21.2. The van der Waals surface area contributed by atoms with Crippen LogP contribution in [-0.2, 0) is 11.2 Å². The van der Waals surface area contributed by atoms with Crippen molar-refractivity contribution in [1.29, 1.82) is 0 Å². The van der Waals surface area contributed by atoms with E-state index >= 15 is 0 Å². The number of nitrogens with two attached hydrogens (primary N) is 1. The van der Waals surface area contributed by atoms with Crippen molar-refractivity contribution in [2.45, 2.75) is 24.7 Å². The maximum Gasteiger partial charge on any atom is 0.259 e. The van der Waals surface area contributed by atoms with E-state index < -0.39 is 48.5 Å². The molecule has 1 aromatic heterocycles. The first-order valence-corrected chi connectivity index (χ1v) is 8.54. The number of ketones is 1. The number of hydrogen-bond acceptors (Lipinski definition) is 8. The predicted molar refractivity (Wildman–Crippen MR) is 99.7 cm³/mol. The van der Waals surface area contributed by atoms with Crippen molar-refractivity contribution in [3.63, 3.8) is 0 Å². The van der Waals surface area contributed by atoms with Gasteiger partial charge in [0.25, 0.3) is 5.56 Å². The number of halogens is 1. The van der Waals surface area contributed by atoms with Crippen molar-refractivity contribution in [3.8, 4) is 11.6 Å². The first-order chi connectivity index (χ1) is 12.7. The van der Waals surface area contributed by atoms with Crippen LogP contribution < -0.4 is 11.3 Å². The molecule has 1 aromatic carbocycles. The molecule has 0 fully saturated rings. The average molecular weight is 416 g/mol. The fourth-order valence-electron chi connectivity index (χ4n) is 2.38. The molecule has 0 unspecified atom stereocenters. The van der Waals surface area contributed by atoms with E-state index in [1.807, 2.05) is 0 Å². The number of carbonyl (C=O) groups is 1. The zero-order valence-corrected chi connectivity index (χ0v) is 15.4. The Bertz CT molecular complexity index is 943. The lowest BCUT2D eigenvalue weighted by Crippen LogP contribution is -2.50. The van der Waals surface area contributed by atoms with Gasteiger partial charge in [0.15, 0.2) is 10.6 Å². The van der Waals surface area contributed by atoms with Crippen LogP contribution in [0.2, 0.25) is 5.02 Å². The third-order valence-corrected chi connectivity index (χ3v) is 4.47. The second-order valence-electron chi connectivity index (χ2n) is 5.78. The zero-order chi connectivity index (χ0) is 20.3. The summed E-state index contributed by atoms with van der Waals surface area (Å²) in [5.74, 6) is -1.39. The molecular formula is C16H18ClN3O6S. The zero-order valence-electron chi connectivity index (χ0n) is 13.9. The van der Waals surface area contributed by atoms with E-state index in [0.717, 1.165) is 4.57 Å². The summed E-state index contributed by atoms with van der Waals surface area (Å²) < 4.78 is 1.04. The molecule has 0 aliphatic heterocycles.